The fourth-order valence-electron chi connectivity index (χ4n) is 2.70. The molecule has 94 valence electrons. The summed E-state index contributed by atoms with van der Waals surface area (Å²) in [6.07, 6.45) is 4.78. The van der Waals surface area contributed by atoms with Gasteiger partial charge in [-0.25, -0.2) is 0 Å². The number of fused-ring (bicyclic) bond motifs is 1. The minimum absolute atomic E-state index is 0. The van der Waals surface area contributed by atoms with Crippen LogP contribution in [0, 0.1) is 5.92 Å². The number of carbonyl (C=O) groups excluding carboxylic acids is 1. The van der Waals surface area contributed by atoms with E-state index in [9.17, 15) is 4.79 Å². The van der Waals surface area contributed by atoms with Crippen LogP contribution in [-0.2, 0) is 9.53 Å². The molecule has 1 aliphatic carbocycles. The van der Waals surface area contributed by atoms with E-state index in [0.717, 1.165) is 6.42 Å². The van der Waals surface area contributed by atoms with Crippen LogP contribution in [0.25, 0.3) is 0 Å². The molecule has 0 spiro atoms. The van der Waals surface area contributed by atoms with Gasteiger partial charge < -0.3 is 10.1 Å². The molecule has 16 heavy (non-hydrogen) atoms. The van der Waals surface area contributed by atoms with Gasteiger partial charge in [0.15, 0.2) is 0 Å². The summed E-state index contributed by atoms with van der Waals surface area (Å²) in [5, 5.41) is 3.40. The molecule has 0 bridgehead atoms. The molecular weight excluding hydrogens is 226 g/mol. The zero-order chi connectivity index (χ0) is 11.1. The molecule has 0 aromatic rings. The van der Waals surface area contributed by atoms with Crippen molar-refractivity contribution in [2.24, 2.45) is 5.92 Å². The minimum Gasteiger partial charge on any atom is -0.459 e. The van der Waals surface area contributed by atoms with Crippen molar-refractivity contribution in [1.82, 2.24) is 5.32 Å². The second-order valence-corrected chi connectivity index (χ2v) is 5.79. The molecule has 1 N–H and O–H groups in total. The topological polar surface area (TPSA) is 38.3 Å². The normalized spacial score (nSPS) is 33.1. The number of ether oxygens (including phenoxy) is 1. The molecule has 1 saturated heterocycles. The molecular formula is C12H22ClNO2. The Kier molecular flexibility index (Phi) is 4.24. The molecule has 4 heteroatoms. The molecule has 2 rings (SSSR count). The van der Waals surface area contributed by atoms with Crippen molar-refractivity contribution in [3.8, 4) is 0 Å². The van der Waals surface area contributed by atoms with Crippen LogP contribution in [0.3, 0.4) is 0 Å². The molecule has 2 fully saturated rings. The molecule has 3 nitrogen and oxygen atoms in total. The van der Waals surface area contributed by atoms with Gasteiger partial charge in [0.2, 0.25) is 0 Å². The lowest BCUT2D eigenvalue weighted by Crippen LogP contribution is -2.39. The molecule has 1 aliphatic heterocycles. The fraction of sp³-hybridized carbons (Fsp3) is 0.917. The molecule has 1 heterocycles. The summed E-state index contributed by atoms with van der Waals surface area (Å²) in [5.41, 5.74) is -0.365. The van der Waals surface area contributed by atoms with E-state index in [-0.39, 0.29) is 30.0 Å². The van der Waals surface area contributed by atoms with Crippen molar-refractivity contribution < 1.29 is 9.53 Å². The van der Waals surface area contributed by atoms with Crippen molar-refractivity contribution in [1.29, 1.82) is 0 Å². The SMILES string of the molecule is CC(C)(C)OC(=O)C1CC2CCCC2N1.Cl. The van der Waals surface area contributed by atoms with Gasteiger partial charge in [0.25, 0.3) is 0 Å². The predicted molar refractivity (Wildman–Crippen MR) is 65.8 cm³/mol. The number of hydrogen-bond donors (Lipinski definition) is 1. The summed E-state index contributed by atoms with van der Waals surface area (Å²) in [5.74, 6) is 0.638. The monoisotopic (exact) mass is 247 g/mol. The first-order chi connectivity index (χ1) is 6.96. The molecule has 0 radical (unpaired) electrons. The fourth-order valence-corrected chi connectivity index (χ4v) is 2.70. The van der Waals surface area contributed by atoms with E-state index in [4.69, 9.17) is 4.74 Å². The van der Waals surface area contributed by atoms with Crippen LogP contribution in [0.4, 0.5) is 0 Å². The Morgan fingerprint density at radius 3 is 2.56 bits per heavy atom. The first kappa shape index (κ1) is 13.8. The second-order valence-electron chi connectivity index (χ2n) is 5.79. The Bertz CT molecular complexity index is 250. The van der Waals surface area contributed by atoms with E-state index in [0.29, 0.717) is 12.0 Å². The quantitative estimate of drug-likeness (QED) is 0.723. The van der Waals surface area contributed by atoms with Crippen molar-refractivity contribution in [2.45, 2.75) is 64.1 Å². The predicted octanol–water partition coefficient (Wildman–Crippen LogP) is 2.28. The van der Waals surface area contributed by atoms with Crippen molar-refractivity contribution in [2.75, 3.05) is 0 Å². The summed E-state index contributed by atoms with van der Waals surface area (Å²) in [6.45, 7) is 5.75. The minimum atomic E-state index is -0.365. The van der Waals surface area contributed by atoms with Crippen molar-refractivity contribution in [3.63, 3.8) is 0 Å². The Morgan fingerprint density at radius 1 is 1.31 bits per heavy atom. The van der Waals surface area contributed by atoms with Crippen LogP contribution in [0.1, 0.15) is 46.5 Å². The highest BCUT2D eigenvalue weighted by molar-refractivity contribution is 5.85. The van der Waals surface area contributed by atoms with E-state index in [2.05, 4.69) is 5.32 Å². The average molecular weight is 248 g/mol. The highest BCUT2D eigenvalue weighted by atomic mass is 35.5. The van der Waals surface area contributed by atoms with Crippen LogP contribution in [0.5, 0.6) is 0 Å². The van der Waals surface area contributed by atoms with Gasteiger partial charge in [0, 0.05) is 6.04 Å². The largest absolute Gasteiger partial charge is 0.459 e. The van der Waals surface area contributed by atoms with E-state index >= 15 is 0 Å². The first-order valence-electron chi connectivity index (χ1n) is 5.94. The molecule has 0 aromatic carbocycles. The Hall–Kier alpha value is -0.280. The maximum Gasteiger partial charge on any atom is 0.323 e. The molecule has 3 atom stereocenters. The standard InChI is InChI=1S/C12H21NO2.ClH/c1-12(2,3)15-11(14)10-7-8-5-4-6-9(8)13-10;/h8-10,13H,4-7H2,1-3H3;1H. The maximum absolute atomic E-state index is 11.8. The van der Waals surface area contributed by atoms with Gasteiger partial charge in [-0.3, -0.25) is 4.79 Å². The number of nitrogens with one attached hydrogen (secondary N) is 1. The van der Waals surface area contributed by atoms with Crippen LogP contribution in [0.15, 0.2) is 0 Å². The molecule has 3 unspecified atom stereocenters. The lowest BCUT2D eigenvalue weighted by Gasteiger charge is -2.22. The molecule has 2 aliphatic rings. The summed E-state index contributed by atoms with van der Waals surface area (Å²) in [7, 11) is 0. The average Bonchev–Trinajstić information content (AvgIpc) is 2.56. The van der Waals surface area contributed by atoms with E-state index in [1.54, 1.807) is 0 Å². The third-order valence-corrected chi connectivity index (χ3v) is 3.30. The second kappa shape index (κ2) is 4.92. The Morgan fingerprint density at radius 2 is 2.00 bits per heavy atom. The van der Waals surface area contributed by atoms with Gasteiger partial charge in [-0.2, -0.15) is 0 Å². The van der Waals surface area contributed by atoms with E-state index in [1.807, 2.05) is 20.8 Å². The van der Waals surface area contributed by atoms with Crippen molar-refractivity contribution in [3.05, 3.63) is 0 Å². The number of esters is 1. The highest BCUT2D eigenvalue weighted by Crippen LogP contribution is 2.35. The number of hydrogen-bond acceptors (Lipinski definition) is 3. The number of halogens is 1. The van der Waals surface area contributed by atoms with Gasteiger partial charge in [-0.15, -0.1) is 12.4 Å². The van der Waals surface area contributed by atoms with Gasteiger partial charge >= 0.3 is 5.97 Å². The third-order valence-electron chi connectivity index (χ3n) is 3.30. The van der Waals surface area contributed by atoms with Gasteiger partial charge in [0.1, 0.15) is 11.6 Å². The molecule has 0 amide bonds. The van der Waals surface area contributed by atoms with Crippen molar-refractivity contribution >= 4 is 18.4 Å². The van der Waals surface area contributed by atoms with Gasteiger partial charge in [0.05, 0.1) is 0 Å². The van der Waals surface area contributed by atoms with Gasteiger partial charge in [-0.1, -0.05) is 6.42 Å². The van der Waals surface area contributed by atoms with Crippen LogP contribution in [0.2, 0.25) is 0 Å². The summed E-state index contributed by atoms with van der Waals surface area (Å²) >= 11 is 0. The third kappa shape index (κ3) is 3.11. The van der Waals surface area contributed by atoms with Gasteiger partial charge in [-0.05, 0) is 46.0 Å². The Balaban J connectivity index is 0.00000128. The van der Waals surface area contributed by atoms with E-state index in [1.165, 1.54) is 19.3 Å². The van der Waals surface area contributed by atoms with Crippen LogP contribution < -0.4 is 5.32 Å². The number of rotatable bonds is 1. The van der Waals surface area contributed by atoms with Crippen LogP contribution in [-0.4, -0.2) is 23.7 Å². The summed E-state index contributed by atoms with van der Waals surface area (Å²) in [6, 6.07) is 0.516. The zero-order valence-corrected chi connectivity index (χ0v) is 11.1. The lowest BCUT2D eigenvalue weighted by molar-refractivity contribution is -0.157. The Labute approximate surface area is 104 Å². The summed E-state index contributed by atoms with van der Waals surface area (Å²) in [4.78, 5) is 11.8. The van der Waals surface area contributed by atoms with E-state index < -0.39 is 0 Å². The van der Waals surface area contributed by atoms with Crippen LogP contribution >= 0.6 is 12.4 Å². The maximum atomic E-state index is 11.8. The lowest BCUT2D eigenvalue weighted by atomic mass is 10.0. The highest BCUT2D eigenvalue weighted by Gasteiger charge is 2.41. The number of carbonyl (C=O) groups is 1. The first-order valence-corrected chi connectivity index (χ1v) is 5.94. The molecule has 1 saturated carbocycles. The zero-order valence-electron chi connectivity index (χ0n) is 10.3. The molecule has 0 aromatic heterocycles. The smallest absolute Gasteiger partial charge is 0.323 e. The summed E-state index contributed by atoms with van der Waals surface area (Å²) < 4.78 is 5.39.